The van der Waals surface area contributed by atoms with E-state index in [-0.39, 0.29) is 6.61 Å². The number of nitrogens with zero attached hydrogens (tertiary/aromatic N) is 4. The van der Waals surface area contributed by atoms with E-state index in [0.717, 1.165) is 10.3 Å². The molecule has 0 unspecified atom stereocenters. The van der Waals surface area contributed by atoms with Gasteiger partial charge in [0.05, 0.1) is 11.4 Å². The molecule has 2 aromatic heterocycles. The van der Waals surface area contributed by atoms with Crippen LogP contribution >= 0.6 is 0 Å². The molecular formula is C17H14N6O3. The normalized spacial score (nSPS) is 10.8. The minimum absolute atomic E-state index is 0.198. The Hall–Kier alpha value is -3.88. The van der Waals surface area contributed by atoms with E-state index in [0.29, 0.717) is 17.3 Å². The van der Waals surface area contributed by atoms with Gasteiger partial charge in [-0.3, -0.25) is 0 Å². The molecule has 9 heteroatoms. The highest BCUT2D eigenvalue weighted by molar-refractivity contribution is 5.37. The van der Waals surface area contributed by atoms with Gasteiger partial charge in [-0.25, -0.2) is 34.0 Å². The number of aromatic amines is 2. The summed E-state index contributed by atoms with van der Waals surface area (Å²) in [7, 11) is 0. The fourth-order valence-corrected chi connectivity index (χ4v) is 2.45. The number of nitrogens with one attached hydrogen (secondary N) is 2. The molecule has 0 aliphatic heterocycles. The van der Waals surface area contributed by atoms with E-state index in [1.54, 1.807) is 35.3 Å². The van der Waals surface area contributed by atoms with E-state index in [1.165, 1.54) is 0 Å². The molecule has 26 heavy (non-hydrogen) atoms. The quantitative estimate of drug-likeness (QED) is 0.558. The van der Waals surface area contributed by atoms with Crippen molar-refractivity contribution in [2.75, 3.05) is 0 Å². The predicted molar refractivity (Wildman–Crippen MR) is 92.7 cm³/mol. The van der Waals surface area contributed by atoms with Crippen molar-refractivity contribution in [3.05, 3.63) is 87.7 Å². The van der Waals surface area contributed by atoms with Gasteiger partial charge in [0.2, 0.25) is 0 Å². The molecule has 0 aliphatic carbocycles. The lowest BCUT2D eigenvalue weighted by molar-refractivity contribution is 0.296. The van der Waals surface area contributed by atoms with Crippen LogP contribution in [0.4, 0.5) is 0 Å². The molecule has 0 aliphatic rings. The number of H-pyrrole nitrogens is 2. The predicted octanol–water partition coefficient (Wildman–Crippen LogP) is 1.01. The van der Waals surface area contributed by atoms with E-state index in [1.807, 2.05) is 30.3 Å². The van der Waals surface area contributed by atoms with E-state index in [2.05, 4.69) is 20.3 Å². The van der Waals surface area contributed by atoms with Crippen LogP contribution in [0.25, 0.3) is 11.4 Å². The first kappa shape index (κ1) is 15.6. The molecule has 2 heterocycles. The zero-order valence-electron chi connectivity index (χ0n) is 13.5. The first-order valence-electron chi connectivity index (χ1n) is 7.79. The van der Waals surface area contributed by atoms with E-state index in [4.69, 9.17) is 4.74 Å². The van der Waals surface area contributed by atoms with Crippen molar-refractivity contribution in [1.82, 2.24) is 29.5 Å². The van der Waals surface area contributed by atoms with Crippen molar-refractivity contribution in [3.8, 4) is 17.1 Å². The Morgan fingerprint density at radius 3 is 2.27 bits per heavy atom. The highest BCUT2D eigenvalue weighted by Crippen LogP contribution is 2.14. The second-order valence-electron chi connectivity index (χ2n) is 5.42. The van der Waals surface area contributed by atoms with E-state index in [9.17, 15) is 9.59 Å². The van der Waals surface area contributed by atoms with Gasteiger partial charge >= 0.3 is 11.4 Å². The molecular weight excluding hydrogens is 336 g/mol. The number of rotatable bonds is 5. The first-order chi connectivity index (χ1) is 12.7. The Kier molecular flexibility index (Phi) is 3.94. The molecule has 0 spiro atoms. The molecule has 130 valence electrons. The van der Waals surface area contributed by atoms with Gasteiger partial charge in [-0.05, 0) is 36.4 Å². The van der Waals surface area contributed by atoms with Crippen LogP contribution < -0.4 is 16.1 Å². The summed E-state index contributed by atoms with van der Waals surface area (Å²) >= 11 is 0. The summed E-state index contributed by atoms with van der Waals surface area (Å²) in [5, 5.41) is 8.83. The number of para-hydroxylation sites is 1. The van der Waals surface area contributed by atoms with Crippen LogP contribution in [-0.4, -0.2) is 29.5 Å². The molecule has 2 N–H and O–H groups in total. The summed E-state index contributed by atoms with van der Waals surface area (Å²) in [5.74, 6) is 1.11. The van der Waals surface area contributed by atoms with Crippen LogP contribution in [0.15, 0.2) is 70.5 Å². The molecule has 0 saturated carbocycles. The summed E-state index contributed by atoms with van der Waals surface area (Å²) in [6, 6.07) is 16.2. The number of hydrogen-bond acceptors (Lipinski definition) is 5. The maximum atomic E-state index is 11.6. The third kappa shape index (κ3) is 3.05. The zero-order chi connectivity index (χ0) is 17.9. The zero-order valence-corrected chi connectivity index (χ0v) is 13.5. The third-order valence-electron chi connectivity index (χ3n) is 3.71. The number of hydrogen-bond donors (Lipinski definition) is 2. The van der Waals surface area contributed by atoms with Crippen LogP contribution in [0, 0.1) is 0 Å². The minimum Gasteiger partial charge on any atom is -0.486 e. The van der Waals surface area contributed by atoms with Gasteiger partial charge in [-0.1, -0.05) is 18.2 Å². The van der Waals surface area contributed by atoms with Gasteiger partial charge in [0.25, 0.3) is 0 Å². The van der Waals surface area contributed by atoms with Gasteiger partial charge in [-0.2, -0.15) is 0 Å². The van der Waals surface area contributed by atoms with Crippen molar-refractivity contribution in [2.45, 2.75) is 6.61 Å². The monoisotopic (exact) mass is 350 g/mol. The second-order valence-corrected chi connectivity index (χ2v) is 5.42. The average molecular weight is 350 g/mol. The molecule has 0 saturated heterocycles. The topological polar surface area (TPSA) is 111 Å². The molecule has 4 rings (SSSR count). The summed E-state index contributed by atoms with van der Waals surface area (Å²) in [6.45, 7) is 0.198. The standard InChI is InChI=1S/C17H14N6O3/c24-16-19-20-17(25)23(16)13-6-8-14(9-7-13)26-10-15-18-11-22(21-15)12-4-2-1-3-5-12/h1-9,11H,10H2,(H,19,24)(H,20,25). The van der Waals surface area contributed by atoms with Crippen molar-refractivity contribution in [1.29, 1.82) is 0 Å². The van der Waals surface area contributed by atoms with Crippen LogP contribution in [-0.2, 0) is 6.61 Å². The van der Waals surface area contributed by atoms with Crippen LogP contribution in [0.3, 0.4) is 0 Å². The van der Waals surface area contributed by atoms with Gasteiger partial charge in [0, 0.05) is 0 Å². The summed E-state index contributed by atoms with van der Waals surface area (Å²) in [4.78, 5) is 27.4. The van der Waals surface area contributed by atoms with Crippen molar-refractivity contribution < 1.29 is 4.74 Å². The number of ether oxygens (including phenoxy) is 1. The fraction of sp³-hybridized carbons (Fsp3) is 0.0588. The van der Waals surface area contributed by atoms with E-state index < -0.39 is 11.4 Å². The van der Waals surface area contributed by atoms with Gasteiger partial charge in [0.1, 0.15) is 18.7 Å². The number of aromatic nitrogens is 6. The Balaban J connectivity index is 1.45. The highest BCUT2D eigenvalue weighted by atomic mass is 16.5. The smallest absolute Gasteiger partial charge is 0.348 e. The third-order valence-corrected chi connectivity index (χ3v) is 3.71. The number of benzene rings is 2. The lowest BCUT2D eigenvalue weighted by atomic mass is 10.3. The van der Waals surface area contributed by atoms with Crippen LogP contribution in [0.2, 0.25) is 0 Å². The van der Waals surface area contributed by atoms with Gasteiger partial charge in [-0.15, -0.1) is 5.10 Å². The van der Waals surface area contributed by atoms with Gasteiger partial charge in [0.15, 0.2) is 5.82 Å². The lowest BCUT2D eigenvalue weighted by Crippen LogP contribution is -2.24. The first-order valence-corrected chi connectivity index (χ1v) is 7.79. The molecule has 0 atom stereocenters. The SMILES string of the molecule is O=c1[nH][nH]c(=O)n1-c1ccc(OCc2ncn(-c3ccccc3)n2)cc1. The molecule has 0 amide bonds. The summed E-state index contributed by atoms with van der Waals surface area (Å²) < 4.78 is 8.32. The maximum Gasteiger partial charge on any atom is 0.348 e. The largest absolute Gasteiger partial charge is 0.486 e. The van der Waals surface area contributed by atoms with E-state index >= 15 is 0 Å². The fourth-order valence-electron chi connectivity index (χ4n) is 2.45. The van der Waals surface area contributed by atoms with Crippen LogP contribution in [0.1, 0.15) is 5.82 Å². The summed E-state index contributed by atoms with van der Waals surface area (Å²) in [6.07, 6.45) is 1.63. The van der Waals surface area contributed by atoms with Crippen LogP contribution in [0.5, 0.6) is 5.75 Å². The second kappa shape index (κ2) is 6.55. The average Bonchev–Trinajstić information content (AvgIpc) is 3.28. The maximum absolute atomic E-state index is 11.6. The lowest BCUT2D eigenvalue weighted by Gasteiger charge is -2.05. The molecule has 0 bridgehead atoms. The Labute approximate surface area is 146 Å². The van der Waals surface area contributed by atoms with Crippen molar-refractivity contribution >= 4 is 0 Å². The molecule has 2 aromatic carbocycles. The molecule has 9 nitrogen and oxygen atoms in total. The molecule has 0 fully saturated rings. The minimum atomic E-state index is -0.528. The van der Waals surface area contributed by atoms with Crippen molar-refractivity contribution in [3.63, 3.8) is 0 Å². The Morgan fingerprint density at radius 2 is 1.58 bits per heavy atom. The molecule has 0 radical (unpaired) electrons. The Bertz CT molecular complexity index is 1090. The Morgan fingerprint density at radius 1 is 0.885 bits per heavy atom. The van der Waals surface area contributed by atoms with Crippen molar-refractivity contribution in [2.24, 2.45) is 0 Å². The molecule has 4 aromatic rings. The summed E-state index contributed by atoms with van der Waals surface area (Å²) in [5.41, 5.74) is 0.299. The highest BCUT2D eigenvalue weighted by Gasteiger charge is 2.07. The van der Waals surface area contributed by atoms with Gasteiger partial charge < -0.3 is 4.74 Å².